The predicted octanol–water partition coefficient (Wildman–Crippen LogP) is 0.844. The summed E-state index contributed by atoms with van der Waals surface area (Å²) >= 11 is 0. The maximum absolute atomic E-state index is 12.3. The normalized spacial score (nSPS) is 10.5. The Labute approximate surface area is 114 Å². The minimum absolute atomic E-state index is 0.179. The van der Waals surface area contributed by atoms with Crippen LogP contribution in [0.15, 0.2) is 29.1 Å². The van der Waals surface area contributed by atoms with E-state index in [2.05, 4.69) is 0 Å². The van der Waals surface area contributed by atoms with Crippen molar-refractivity contribution in [3.8, 4) is 0 Å². The monoisotopic (exact) mass is 278 g/mol. The molecule has 1 heterocycles. The Morgan fingerprint density at radius 3 is 1.70 bits per heavy atom. The first-order valence-corrected chi connectivity index (χ1v) is 5.95. The quantitative estimate of drug-likeness (QED) is 0.774. The van der Waals surface area contributed by atoms with Crippen LogP contribution in [0.3, 0.4) is 0 Å². The fraction of sp³-hybridized carbons (Fsp3) is 0.308. The molecule has 0 atom stereocenters. The third-order valence-corrected chi connectivity index (χ3v) is 2.72. The number of rotatable bonds is 4. The lowest BCUT2D eigenvalue weighted by Gasteiger charge is -2.03. The van der Waals surface area contributed by atoms with Gasteiger partial charge in [-0.1, -0.05) is 12.1 Å². The maximum atomic E-state index is 12.3. The van der Waals surface area contributed by atoms with Crippen molar-refractivity contribution in [3.63, 3.8) is 0 Å². The van der Waals surface area contributed by atoms with E-state index in [1.807, 2.05) is 0 Å². The highest BCUT2D eigenvalue weighted by Gasteiger charge is 2.13. The van der Waals surface area contributed by atoms with E-state index < -0.39 is 17.6 Å². The number of esters is 2. The maximum Gasteiger partial charge on any atom is 0.334 e. The summed E-state index contributed by atoms with van der Waals surface area (Å²) < 4.78 is 12.3. The number of carbonyl (C=O) groups is 2. The van der Waals surface area contributed by atoms with Crippen molar-refractivity contribution >= 4 is 23.0 Å². The summed E-state index contributed by atoms with van der Waals surface area (Å²) in [5.74, 6) is -0.956. The van der Waals surface area contributed by atoms with Gasteiger partial charge in [0.15, 0.2) is 13.5 Å². The van der Waals surface area contributed by atoms with Gasteiger partial charge in [-0.05, 0) is 12.1 Å². The summed E-state index contributed by atoms with van der Waals surface area (Å²) in [6.45, 7) is 2.18. The molecule has 0 saturated heterocycles. The van der Waals surface area contributed by atoms with Gasteiger partial charge in [0.25, 0.3) is 0 Å². The van der Waals surface area contributed by atoms with Crippen LogP contribution in [0.4, 0.5) is 0 Å². The molecule has 2 rings (SSSR count). The first-order chi connectivity index (χ1) is 9.50. The summed E-state index contributed by atoms with van der Waals surface area (Å²) in [6, 6.07) is 6.99. The third-order valence-electron chi connectivity index (χ3n) is 2.72. The molecule has 1 aromatic carbocycles. The zero-order valence-electron chi connectivity index (χ0n) is 11.2. The average molecular weight is 278 g/mol. The van der Waals surface area contributed by atoms with Gasteiger partial charge >= 0.3 is 17.6 Å². The summed E-state index contributed by atoms with van der Waals surface area (Å²) in [7, 11) is 0. The number of fused-ring (bicyclic) bond motifs is 1. The smallest absolute Gasteiger partial charge is 0.334 e. The second-order valence-corrected chi connectivity index (χ2v) is 4.16. The van der Waals surface area contributed by atoms with Gasteiger partial charge in [-0.2, -0.15) is 0 Å². The molecular weight excluding hydrogens is 264 g/mol. The number of benzene rings is 1. The largest absolute Gasteiger partial charge is 0.444 e. The first-order valence-electron chi connectivity index (χ1n) is 5.95. The third kappa shape index (κ3) is 2.71. The van der Waals surface area contributed by atoms with Crippen molar-refractivity contribution in [2.75, 3.05) is 0 Å². The van der Waals surface area contributed by atoms with Gasteiger partial charge < -0.3 is 9.47 Å². The molecule has 0 radical (unpaired) electrons. The van der Waals surface area contributed by atoms with Gasteiger partial charge in [-0.15, -0.1) is 0 Å². The van der Waals surface area contributed by atoms with Crippen LogP contribution in [0.25, 0.3) is 11.0 Å². The predicted molar refractivity (Wildman–Crippen MR) is 69.7 cm³/mol. The Morgan fingerprint density at radius 2 is 1.35 bits per heavy atom. The van der Waals surface area contributed by atoms with E-state index in [4.69, 9.17) is 9.47 Å². The van der Waals surface area contributed by atoms with Crippen molar-refractivity contribution < 1.29 is 19.1 Å². The van der Waals surface area contributed by atoms with E-state index in [1.165, 1.54) is 23.0 Å². The summed E-state index contributed by atoms with van der Waals surface area (Å²) in [4.78, 5) is 34.0. The highest BCUT2D eigenvalue weighted by atomic mass is 16.5. The molecule has 0 saturated carbocycles. The van der Waals surface area contributed by atoms with Crippen LogP contribution in [0.1, 0.15) is 13.8 Å². The molecule has 0 bridgehead atoms. The van der Waals surface area contributed by atoms with Crippen molar-refractivity contribution in [1.82, 2.24) is 9.13 Å². The molecule has 0 spiro atoms. The topological polar surface area (TPSA) is 79.5 Å². The zero-order chi connectivity index (χ0) is 14.7. The molecule has 0 unspecified atom stereocenters. The minimum Gasteiger partial charge on any atom is -0.444 e. The number of para-hydroxylation sites is 2. The van der Waals surface area contributed by atoms with Crippen molar-refractivity contribution in [2.24, 2.45) is 0 Å². The van der Waals surface area contributed by atoms with E-state index in [-0.39, 0.29) is 13.5 Å². The second kappa shape index (κ2) is 5.60. The Kier molecular flexibility index (Phi) is 3.88. The lowest BCUT2D eigenvalue weighted by Crippen LogP contribution is -2.27. The van der Waals surface area contributed by atoms with Crippen LogP contribution >= 0.6 is 0 Å². The standard InChI is InChI=1S/C13H14N2O5/c1-9(16)19-7-14-11-5-3-4-6-12(11)15(13(14)18)8-20-10(2)17/h3-6H,7-8H2,1-2H3. The van der Waals surface area contributed by atoms with E-state index in [0.717, 1.165) is 0 Å². The molecule has 0 N–H and O–H groups in total. The minimum atomic E-state index is -0.478. The summed E-state index contributed by atoms with van der Waals surface area (Å²) in [5, 5.41) is 0. The summed E-state index contributed by atoms with van der Waals surface area (Å²) in [5.41, 5.74) is 0.797. The molecule has 106 valence electrons. The van der Waals surface area contributed by atoms with Gasteiger partial charge in [-0.25, -0.2) is 4.79 Å². The molecule has 7 heteroatoms. The lowest BCUT2D eigenvalue weighted by molar-refractivity contribution is -0.145. The van der Waals surface area contributed by atoms with Crippen LogP contribution in [-0.4, -0.2) is 21.1 Å². The first kappa shape index (κ1) is 13.9. The molecule has 1 aromatic heterocycles. The van der Waals surface area contributed by atoms with Crippen LogP contribution in [0, 0.1) is 0 Å². The number of imidazole rings is 1. The molecular formula is C13H14N2O5. The molecule has 2 aromatic rings. The molecule has 20 heavy (non-hydrogen) atoms. The van der Waals surface area contributed by atoms with Gasteiger partial charge in [0.2, 0.25) is 0 Å². The van der Waals surface area contributed by atoms with Crippen LogP contribution in [-0.2, 0) is 32.5 Å². The van der Waals surface area contributed by atoms with Crippen molar-refractivity contribution in [1.29, 1.82) is 0 Å². The fourth-order valence-electron chi connectivity index (χ4n) is 1.83. The number of carbonyl (C=O) groups excluding carboxylic acids is 2. The zero-order valence-corrected chi connectivity index (χ0v) is 11.2. The number of aromatic nitrogens is 2. The van der Waals surface area contributed by atoms with Crippen LogP contribution in [0.2, 0.25) is 0 Å². The van der Waals surface area contributed by atoms with Gasteiger partial charge in [0.1, 0.15) is 0 Å². The fourth-order valence-corrected chi connectivity index (χ4v) is 1.83. The Morgan fingerprint density at radius 1 is 0.950 bits per heavy atom. The molecule has 0 aliphatic carbocycles. The molecule has 7 nitrogen and oxygen atoms in total. The SMILES string of the molecule is CC(=O)OCn1c(=O)n(COC(C)=O)c2ccccc21. The van der Waals surface area contributed by atoms with Gasteiger partial charge in [0.05, 0.1) is 11.0 Å². The number of ether oxygens (including phenoxy) is 2. The number of nitrogens with zero attached hydrogens (tertiary/aromatic N) is 2. The molecule has 0 aliphatic rings. The summed E-state index contributed by atoms with van der Waals surface area (Å²) in [6.07, 6.45) is 0. The Bertz CT molecular complexity index is 655. The van der Waals surface area contributed by atoms with Crippen LogP contribution < -0.4 is 5.69 Å². The Hall–Kier alpha value is -2.57. The highest BCUT2D eigenvalue weighted by molar-refractivity contribution is 5.76. The Balaban J connectivity index is 2.46. The lowest BCUT2D eigenvalue weighted by atomic mass is 10.3. The second-order valence-electron chi connectivity index (χ2n) is 4.16. The average Bonchev–Trinajstić information content (AvgIpc) is 2.66. The molecule has 0 aliphatic heterocycles. The van der Waals surface area contributed by atoms with E-state index in [1.54, 1.807) is 24.3 Å². The van der Waals surface area contributed by atoms with Crippen molar-refractivity contribution in [2.45, 2.75) is 27.3 Å². The highest BCUT2D eigenvalue weighted by Crippen LogP contribution is 2.12. The van der Waals surface area contributed by atoms with E-state index in [9.17, 15) is 14.4 Å². The molecule has 0 amide bonds. The number of hydrogen-bond acceptors (Lipinski definition) is 5. The number of hydrogen-bond donors (Lipinski definition) is 0. The van der Waals surface area contributed by atoms with E-state index in [0.29, 0.717) is 11.0 Å². The van der Waals surface area contributed by atoms with Crippen LogP contribution in [0.5, 0.6) is 0 Å². The molecule has 0 fully saturated rings. The van der Waals surface area contributed by atoms with Gasteiger partial charge in [0, 0.05) is 13.8 Å². The van der Waals surface area contributed by atoms with Crippen molar-refractivity contribution in [3.05, 3.63) is 34.7 Å². The van der Waals surface area contributed by atoms with E-state index >= 15 is 0 Å². The van der Waals surface area contributed by atoms with Gasteiger partial charge in [-0.3, -0.25) is 18.7 Å².